The van der Waals surface area contributed by atoms with Crippen LogP contribution in [0.2, 0.25) is 0 Å². The van der Waals surface area contributed by atoms with Crippen molar-refractivity contribution in [2.45, 2.75) is 45.1 Å². The molecule has 1 N–H and O–H groups in total. The fourth-order valence-electron chi connectivity index (χ4n) is 2.09. The normalized spacial score (nSPS) is 20.5. The van der Waals surface area contributed by atoms with Crippen molar-refractivity contribution in [3.05, 3.63) is 0 Å². The van der Waals surface area contributed by atoms with Gasteiger partial charge in [0, 0.05) is 12.0 Å². The summed E-state index contributed by atoms with van der Waals surface area (Å²) in [4.78, 5) is 13.8. The highest BCUT2D eigenvalue weighted by molar-refractivity contribution is 5.83. The molecule has 1 atom stereocenters. The number of carbonyl (C=O) groups is 1. The van der Waals surface area contributed by atoms with Crippen molar-refractivity contribution in [1.29, 1.82) is 0 Å². The van der Waals surface area contributed by atoms with E-state index in [9.17, 15) is 4.79 Å². The van der Waals surface area contributed by atoms with Crippen LogP contribution in [0.25, 0.3) is 0 Å². The van der Waals surface area contributed by atoms with E-state index in [1.165, 1.54) is 19.3 Å². The van der Waals surface area contributed by atoms with Gasteiger partial charge in [0.15, 0.2) is 0 Å². The number of Topliss-reactive ketones (excluding diaryl/α,β-unsaturated/α-hetero) is 1. The molecule has 1 saturated carbocycles. The zero-order chi connectivity index (χ0) is 11.3. The Bertz CT molecular complexity index is 200. The van der Waals surface area contributed by atoms with E-state index in [2.05, 4.69) is 0 Å². The molecule has 0 aromatic carbocycles. The van der Waals surface area contributed by atoms with Gasteiger partial charge in [0.25, 0.3) is 0 Å². The molecule has 15 heavy (non-hydrogen) atoms. The van der Waals surface area contributed by atoms with Crippen molar-refractivity contribution in [2.24, 2.45) is 5.92 Å². The van der Waals surface area contributed by atoms with Crippen molar-refractivity contribution in [3.63, 3.8) is 0 Å². The molecule has 0 aromatic heterocycles. The van der Waals surface area contributed by atoms with E-state index in [-0.39, 0.29) is 18.6 Å². The van der Waals surface area contributed by atoms with Crippen LogP contribution in [0.4, 0.5) is 0 Å². The molecule has 0 saturated heterocycles. The number of carbonyl (C=O) groups excluding carboxylic acids is 1. The minimum Gasteiger partial charge on any atom is -0.395 e. The number of hydrogen-bond acceptors (Lipinski definition) is 3. The summed E-state index contributed by atoms with van der Waals surface area (Å²) < 4.78 is 0. The van der Waals surface area contributed by atoms with Gasteiger partial charge in [-0.25, -0.2) is 0 Å². The monoisotopic (exact) mass is 213 g/mol. The third kappa shape index (κ3) is 3.92. The Morgan fingerprint density at radius 2 is 2.00 bits per heavy atom. The summed E-state index contributed by atoms with van der Waals surface area (Å²) >= 11 is 0. The molecule has 0 heterocycles. The first-order valence-corrected chi connectivity index (χ1v) is 5.99. The van der Waals surface area contributed by atoms with Gasteiger partial charge in [0.05, 0.1) is 13.2 Å². The van der Waals surface area contributed by atoms with Gasteiger partial charge in [0.1, 0.15) is 5.78 Å². The predicted octanol–water partition coefficient (Wildman–Crippen LogP) is 1.45. The topological polar surface area (TPSA) is 40.5 Å². The molecule has 1 rings (SSSR count). The Morgan fingerprint density at radius 1 is 1.40 bits per heavy atom. The average molecular weight is 213 g/mol. The second-order valence-corrected chi connectivity index (χ2v) is 4.75. The van der Waals surface area contributed by atoms with Gasteiger partial charge >= 0.3 is 0 Å². The number of rotatable bonds is 5. The van der Waals surface area contributed by atoms with E-state index in [0.29, 0.717) is 12.3 Å². The zero-order valence-electron chi connectivity index (χ0n) is 9.91. The summed E-state index contributed by atoms with van der Waals surface area (Å²) in [5, 5.41) is 8.98. The van der Waals surface area contributed by atoms with Crippen LogP contribution < -0.4 is 0 Å². The van der Waals surface area contributed by atoms with E-state index < -0.39 is 0 Å². The maximum Gasteiger partial charge on any atom is 0.149 e. The number of ketones is 1. The molecule has 0 radical (unpaired) electrons. The van der Waals surface area contributed by atoms with Crippen LogP contribution in [0, 0.1) is 5.92 Å². The summed E-state index contributed by atoms with van der Waals surface area (Å²) in [5.74, 6) is 0.643. The maximum atomic E-state index is 11.9. The molecule has 0 amide bonds. The molecular formula is C12H23NO2. The summed E-state index contributed by atoms with van der Waals surface area (Å²) in [6.07, 6.45) is 5.83. The standard InChI is InChI=1S/C12H23NO2/c1-10(9-14)13(2)8-12(15)11-6-4-3-5-7-11/h10-11,14H,3-9H2,1-2H3. The van der Waals surface area contributed by atoms with E-state index >= 15 is 0 Å². The first-order valence-electron chi connectivity index (χ1n) is 5.99. The second-order valence-electron chi connectivity index (χ2n) is 4.75. The highest BCUT2D eigenvalue weighted by Gasteiger charge is 2.22. The highest BCUT2D eigenvalue weighted by Crippen LogP contribution is 2.24. The van der Waals surface area contributed by atoms with E-state index in [0.717, 1.165) is 12.8 Å². The molecule has 0 bridgehead atoms. The van der Waals surface area contributed by atoms with Gasteiger partial charge in [-0.1, -0.05) is 19.3 Å². The van der Waals surface area contributed by atoms with Gasteiger partial charge in [-0.05, 0) is 26.8 Å². The summed E-state index contributed by atoms with van der Waals surface area (Å²) in [5.41, 5.74) is 0. The highest BCUT2D eigenvalue weighted by atomic mass is 16.3. The summed E-state index contributed by atoms with van der Waals surface area (Å²) in [6, 6.07) is 0.0811. The van der Waals surface area contributed by atoms with Crippen LogP contribution in [-0.2, 0) is 4.79 Å². The van der Waals surface area contributed by atoms with Crippen LogP contribution in [0.5, 0.6) is 0 Å². The minimum atomic E-state index is 0.0811. The van der Waals surface area contributed by atoms with Crippen molar-refractivity contribution in [2.75, 3.05) is 20.2 Å². The maximum absolute atomic E-state index is 11.9. The van der Waals surface area contributed by atoms with E-state index in [4.69, 9.17) is 5.11 Å². The molecule has 3 heteroatoms. The lowest BCUT2D eigenvalue weighted by molar-refractivity contribution is -0.125. The molecule has 1 aliphatic rings. The van der Waals surface area contributed by atoms with Crippen LogP contribution in [0.1, 0.15) is 39.0 Å². The SMILES string of the molecule is CC(CO)N(C)CC(=O)C1CCCCC1. The number of aliphatic hydroxyl groups excluding tert-OH is 1. The molecule has 1 fully saturated rings. The molecule has 0 spiro atoms. The van der Waals surface area contributed by atoms with Crippen LogP contribution in [0.15, 0.2) is 0 Å². The lowest BCUT2D eigenvalue weighted by Crippen LogP contribution is -2.38. The smallest absolute Gasteiger partial charge is 0.149 e. The lowest BCUT2D eigenvalue weighted by Gasteiger charge is -2.26. The molecule has 3 nitrogen and oxygen atoms in total. The van der Waals surface area contributed by atoms with Crippen molar-refractivity contribution >= 4 is 5.78 Å². The fraction of sp³-hybridized carbons (Fsp3) is 0.917. The summed E-state index contributed by atoms with van der Waals surface area (Å²) in [7, 11) is 1.90. The average Bonchev–Trinajstić information content (AvgIpc) is 2.29. The number of likely N-dealkylation sites (N-methyl/N-ethyl adjacent to an activating group) is 1. The molecule has 0 aliphatic heterocycles. The van der Waals surface area contributed by atoms with Gasteiger partial charge in [-0.2, -0.15) is 0 Å². The van der Waals surface area contributed by atoms with Gasteiger partial charge in [0.2, 0.25) is 0 Å². The first kappa shape index (κ1) is 12.7. The Morgan fingerprint density at radius 3 is 2.53 bits per heavy atom. The third-order valence-corrected chi connectivity index (χ3v) is 3.48. The lowest BCUT2D eigenvalue weighted by atomic mass is 9.86. The fourth-order valence-corrected chi connectivity index (χ4v) is 2.09. The molecule has 0 aromatic rings. The Balaban J connectivity index is 2.33. The largest absolute Gasteiger partial charge is 0.395 e. The van der Waals surface area contributed by atoms with Crippen molar-refractivity contribution in [3.8, 4) is 0 Å². The second kappa shape index (κ2) is 6.23. The quantitative estimate of drug-likeness (QED) is 0.751. The summed E-state index contributed by atoms with van der Waals surface area (Å²) in [6.45, 7) is 2.55. The molecule has 1 unspecified atom stereocenters. The number of aliphatic hydroxyl groups is 1. The third-order valence-electron chi connectivity index (χ3n) is 3.48. The number of nitrogens with zero attached hydrogens (tertiary/aromatic N) is 1. The van der Waals surface area contributed by atoms with Gasteiger partial charge in [-0.15, -0.1) is 0 Å². The first-order chi connectivity index (χ1) is 7.15. The van der Waals surface area contributed by atoms with Crippen LogP contribution in [-0.4, -0.2) is 42.0 Å². The molecule has 1 aliphatic carbocycles. The molecular weight excluding hydrogens is 190 g/mol. The van der Waals surface area contributed by atoms with Crippen LogP contribution in [0.3, 0.4) is 0 Å². The predicted molar refractivity (Wildman–Crippen MR) is 60.8 cm³/mol. The van der Waals surface area contributed by atoms with Gasteiger partial charge in [-0.3, -0.25) is 9.69 Å². The zero-order valence-corrected chi connectivity index (χ0v) is 9.91. The Hall–Kier alpha value is -0.410. The van der Waals surface area contributed by atoms with Gasteiger partial charge < -0.3 is 5.11 Å². The Labute approximate surface area is 92.5 Å². The van der Waals surface area contributed by atoms with Crippen LogP contribution >= 0.6 is 0 Å². The van der Waals surface area contributed by atoms with E-state index in [1.54, 1.807) is 0 Å². The minimum absolute atomic E-state index is 0.0811. The van der Waals surface area contributed by atoms with Crippen molar-refractivity contribution < 1.29 is 9.90 Å². The Kier molecular flexibility index (Phi) is 5.26. The van der Waals surface area contributed by atoms with Crippen molar-refractivity contribution in [1.82, 2.24) is 4.90 Å². The van der Waals surface area contributed by atoms with E-state index in [1.807, 2.05) is 18.9 Å². The number of hydrogen-bond donors (Lipinski definition) is 1. The molecule has 88 valence electrons.